The fraction of sp³-hybridized carbons (Fsp3) is 0.250. The quantitative estimate of drug-likeness (QED) is 0.561. The standard InChI is InChI=1S/C24H25N5O/c1-28-11-13-29(14-12-28)19-7-3-18(4-8-19)22-16-26-24-23(27-22)21(15-25-24)17-5-9-20(30-2)10-6-17/h3-10,15-16H,11-14H2,1-2H3,(H,25,26). The summed E-state index contributed by atoms with van der Waals surface area (Å²) in [4.78, 5) is 17.6. The van der Waals surface area contributed by atoms with Gasteiger partial charge in [0.2, 0.25) is 0 Å². The Morgan fingerprint density at radius 3 is 2.30 bits per heavy atom. The molecule has 0 bridgehead atoms. The molecule has 0 spiro atoms. The molecule has 5 rings (SSSR count). The van der Waals surface area contributed by atoms with Gasteiger partial charge in [-0.3, -0.25) is 0 Å². The molecule has 30 heavy (non-hydrogen) atoms. The molecule has 0 saturated carbocycles. The lowest BCUT2D eigenvalue weighted by Gasteiger charge is -2.34. The van der Waals surface area contributed by atoms with Crippen molar-refractivity contribution in [3.05, 3.63) is 60.9 Å². The Bertz CT molecular complexity index is 1140. The third-order valence-corrected chi connectivity index (χ3v) is 5.81. The number of nitrogens with one attached hydrogen (secondary N) is 1. The summed E-state index contributed by atoms with van der Waals surface area (Å²) in [6, 6.07) is 16.7. The predicted octanol–water partition coefficient (Wildman–Crippen LogP) is 4.05. The zero-order chi connectivity index (χ0) is 20.5. The van der Waals surface area contributed by atoms with Gasteiger partial charge in [-0.25, -0.2) is 9.97 Å². The van der Waals surface area contributed by atoms with Gasteiger partial charge in [-0.1, -0.05) is 24.3 Å². The maximum Gasteiger partial charge on any atom is 0.156 e. The third kappa shape index (κ3) is 3.50. The van der Waals surface area contributed by atoms with Gasteiger partial charge in [-0.15, -0.1) is 0 Å². The number of fused-ring (bicyclic) bond motifs is 1. The first-order valence-corrected chi connectivity index (χ1v) is 10.2. The number of aromatic amines is 1. The van der Waals surface area contributed by atoms with Crippen molar-refractivity contribution < 1.29 is 4.74 Å². The molecule has 152 valence electrons. The first-order chi connectivity index (χ1) is 14.7. The molecule has 0 aliphatic carbocycles. The van der Waals surface area contributed by atoms with Gasteiger partial charge in [0.1, 0.15) is 11.3 Å². The van der Waals surface area contributed by atoms with Crippen LogP contribution in [-0.4, -0.2) is 60.2 Å². The molecule has 2 aromatic heterocycles. The summed E-state index contributed by atoms with van der Waals surface area (Å²) in [5.74, 6) is 0.839. The van der Waals surface area contributed by atoms with Crippen LogP contribution in [0, 0.1) is 0 Å². The Hall–Kier alpha value is -3.38. The molecule has 0 atom stereocenters. The summed E-state index contributed by atoms with van der Waals surface area (Å²) in [6.07, 6.45) is 3.80. The molecule has 1 aliphatic heterocycles. The third-order valence-electron chi connectivity index (χ3n) is 5.81. The van der Waals surface area contributed by atoms with Gasteiger partial charge in [0, 0.05) is 49.2 Å². The van der Waals surface area contributed by atoms with Crippen LogP contribution in [0.1, 0.15) is 0 Å². The second-order valence-corrected chi connectivity index (χ2v) is 7.72. The molecule has 0 unspecified atom stereocenters. The van der Waals surface area contributed by atoms with Crippen LogP contribution in [0.15, 0.2) is 60.9 Å². The molecule has 1 aliphatic rings. The Morgan fingerprint density at radius 1 is 0.900 bits per heavy atom. The van der Waals surface area contributed by atoms with Crippen LogP contribution in [0.2, 0.25) is 0 Å². The minimum Gasteiger partial charge on any atom is -0.497 e. The van der Waals surface area contributed by atoms with Gasteiger partial charge < -0.3 is 19.5 Å². The summed E-state index contributed by atoms with van der Waals surface area (Å²) in [5.41, 5.74) is 7.00. The van der Waals surface area contributed by atoms with Crippen LogP contribution in [0.3, 0.4) is 0 Å². The van der Waals surface area contributed by atoms with E-state index in [0.29, 0.717) is 0 Å². The number of anilines is 1. The number of methoxy groups -OCH3 is 1. The average molecular weight is 399 g/mol. The van der Waals surface area contributed by atoms with E-state index in [2.05, 4.69) is 51.1 Å². The van der Waals surface area contributed by atoms with E-state index in [9.17, 15) is 0 Å². The van der Waals surface area contributed by atoms with Gasteiger partial charge >= 0.3 is 0 Å². The molecule has 6 heteroatoms. The number of nitrogens with zero attached hydrogens (tertiary/aromatic N) is 4. The van der Waals surface area contributed by atoms with Gasteiger partial charge in [0.05, 0.1) is 19.0 Å². The summed E-state index contributed by atoms with van der Waals surface area (Å²) >= 11 is 0. The van der Waals surface area contributed by atoms with Crippen molar-refractivity contribution >= 4 is 16.9 Å². The molecule has 6 nitrogen and oxygen atoms in total. The van der Waals surface area contributed by atoms with E-state index in [-0.39, 0.29) is 0 Å². The molecule has 1 fully saturated rings. The molecule has 0 amide bonds. The minimum atomic E-state index is 0.790. The van der Waals surface area contributed by atoms with E-state index in [4.69, 9.17) is 9.72 Å². The van der Waals surface area contributed by atoms with E-state index >= 15 is 0 Å². The lowest BCUT2D eigenvalue weighted by Crippen LogP contribution is -2.44. The predicted molar refractivity (Wildman–Crippen MR) is 121 cm³/mol. The van der Waals surface area contributed by atoms with E-state index < -0.39 is 0 Å². The van der Waals surface area contributed by atoms with Crippen LogP contribution in [-0.2, 0) is 0 Å². The summed E-state index contributed by atoms with van der Waals surface area (Å²) in [6.45, 7) is 4.34. The lowest BCUT2D eigenvalue weighted by atomic mass is 10.1. The fourth-order valence-electron chi connectivity index (χ4n) is 3.93. The van der Waals surface area contributed by atoms with Crippen LogP contribution in [0.25, 0.3) is 33.5 Å². The molecule has 0 radical (unpaired) electrons. The Morgan fingerprint density at radius 2 is 1.60 bits per heavy atom. The number of H-pyrrole nitrogens is 1. The van der Waals surface area contributed by atoms with E-state index in [1.807, 2.05) is 36.7 Å². The number of ether oxygens (including phenoxy) is 1. The minimum absolute atomic E-state index is 0.790. The number of likely N-dealkylation sites (N-methyl/N-ethyl adjacent to an activating group) is 1. The summed E-state index contributed by atoms with van der Waals surface area (Å²) in [5, 5.41) is 0. The second kappa shape index (κ2) is 7.80. The molecule has 3 heterocycles. The van der Waals surface area contributed by atoms with Crippen LogP contribution in [0.4, 0.5) is 5.69 Å². The molecular formula is C24H25N5O. The first kappa shape index (κ1) is 18.6. The van der Waals surface area contributed by atoms with Crippen LogP contribution in [0.5, 0.6) is 5.75 Å². The second-order valence-electron chi connectivity index (χ2n) is 7.72. The van der Waals surface area contributed by atoms with Crippen molar-refractivity contribution in [2.45, 2.75) is 0 Å². The van der Waals surface area contributed by atoms with Gasteiger partial charge in [0.25, 0.3) is 0 Å². The average Bonchev–Trinajstić information content (AvgIpc) is 3.23. The summed E-state index contributed by atoms with van der Waals surface area (Å²) in [7, 11) is 3.85. The lowest BCUT2D eigenvalue weighted by molar-refractivity contribution is 0.313. The van der Waals surface area contributed by atoms with E-state index in [0.717, 1.165) is 65.5 Å². The van der Waals surface area contributed by atoms with Crippen LogP contribution < -0.4 is 9.64 Å². The van der Waals surface area contributed by atoms with Crippen LogP contribution >= 0.6 is 0 Å². The van der Waals surface area contributed by atoms with Crippen molar-refractivity contribution in [2.75, 3.05) is 45.2 Å². The Kier molecular flexibility index (Phi) is 4.85. The zero-order valence-electron chi connectivity index (χ0n) is 17.3. The summed E-state index contributed by atoms with van der Waals surface area (Å²) < 4.78 is 5.27. The monoisotopic (exact) mass is 399 g/mol. The molecule has 1 N–H and O–H groups in total. The molecule has 2 aromatic carbocycles. The normalized spacial score (nSPS) is 14.9. The molecule has 1 saturated heterocycles. The highest BCUT2D eigenvalue weighted by Crippen LogP contribution is 2.30. The van der Waals surface area contributed by atoms with Crippen molar-refractivity contribution in [1.82, 2.24) is 19.9 Å². The number of rotatable bonds is 4. The smallest absolute Gasteiger partial charge is 0.156 e. The Labute approximate surface area is 176 Å². The number of benzene rings is 2. The molecular weight excluding hydrogens is 374 g/mol. The SMILES string of the molecule is COc1ccc(-c2c[nH]c3ncc(-c4ccc(N5CCN(C)CC5)cc4)nc23)cc1. The zero-order valence-corrected chi connectivity index (χ0v) is 17.3. The van der Waals surface area contributed by atoms with Gasteiger partial charge in [-0.05, 0) is 36.9 Å². The maximum atomic E-state index is 5.27. The number of hydrogen-bond donors (Lipinski definition) is 1. The van der Waals surface area contributed by atoms with Gasteiger partial charge in [0.15, 0.2) is 5.65 Å². The Balaban J connectivity index is 1.44. The highest BCUT2D eigenvalue weighted by molar-refractivity contribution is 5.91. The largest absolute Gasteiger partial charge is 0.497 e. The number of hydrogen-bond acceptors (Lipinski definition) is 5. The number of piperazine rings is 1. The van der Waals surface area contributed by atoms with Crippen molar-refractivity contribution in [3.8, 4) is 28.1 Å². The topological polar surface area (TPSA) is 57.3 Å². The van der Waals surface area contributed by atoms with Crippen molar-refractivity contribution in [1.29, 1.82) is 0 Å². The molecule has 4 aromatic rings. The van der Waals surface area contributed by atoms with Gasteiger partial charge in [-0.2, -0.15) is 0 Å². The number of aromatic nitrogens is 3. The highest BCUT2D eigenvalue weighted by Gasteiger charge is 2.15. The maximum absolute atomic E-state index is 5.27. The van der Waals surface area contributed by atoms with Crippen molar-refractivity contribution in [2.24, 2.45) is 0 Å². The highest BCUT2D eigenvalue weighted by atomic mass is 16.5. The fourth-order valence-corrected chi connectivity index (χ4v) is 3.93. The van der Waals surface area contributed by atoms with E-state index in [1.165, 1.54) is 5.69 Å². The first-order valence-electron chi connectivity index (χ1n) is 10.2. The van der Waals surface area contributed by atoms with Crippen molar-refractivity contribution in [3.63, 3.8) is 0 Å². The van der Waals surface area contributed by atoms with E-state index in [1.54, 1.807) is 7.11 Å².